The highest BCUT2D eigenvalue weighted by Gasteiger charge is 2.50. The molecule has 1 aliphatic rings. The minimum atomic E-state index is -5.22. The highest BCUT2D eigenvalue weighted by atomic mass is 32.2. The molecule has 0 saturated carbocycles. The number of piperidine rings is 1. The van der Waals surface area contributed by atoms with Gasteiger partial charge >= 0.3 is 15.5 Å². The zero-order valence-corrected chi connectivity index (χ0v) is 11.3. The van der Waals surface area contributed by atoms with Crippen molar-refractivity contribution in [2.24, 2.45) is 5.92 Å². The van der Waals surface area contributed by atoms with Gasteiger partial charge in [-0.25, -0.2) is 8.42 Å². The molecule has 0 aromatic heterocycles. The van der Waals surface area contributed by atoms with Crippen molar-refractivity contribution in [2.75, 3.05) is 19.6 Å². The molecule has 4 nitrogen and oxygen atoms in total. The standard InChI is InChI=1S/C10H19F3N2O2S/c1-8(2)15(18(16,17)10(11,12)13)7-9-3-5-14-6-4-9/h8-9,14H,3-7H2,1-2H3. The van der Waals surface area contributed by atoms with Gasteiger partial charge < -0.3 is 5.32 Å². The topological polar surface area (TPSA) is 49.4 Å². The first-order valence-electron chi connectivity index (χ1n) is 5.95. The highest BCUT2D eigenvalue weighted by molar-refractivity contribution is 7.90. The number of rotatable bonds is 4. The molecule has 18 heavy (non-hydrogen) atoms. The molecule has 0 spiro atoms. The summed E-state index contributed by atoms with van der Waals surface area (Å²) in [5, 5.41) is 3.10. The zero-order valence-electron chi connectivity index (χ0n) is 10.5. The van der Waals surface area contributed by atoms with E-state index in [9.17, 15) is 21.6 Å². The highest BCUT2D eigenvalue weighted by Crippen LogP contribution is 2.29. The molecule has 8 heteroatoms. The number of nitrogens with one attached hydrogen (secondary N) is 1. The molecule has 0 aliphatic carbocycles. The van der Waals surface area contributed by atoms with Crippen LogP contribution in [-0.2, 0) is 10.0 Å². The molecule has 0 amide bonds. The van der Waals surface area contributed by atoms with Crippen molar-refractivity contribution in [2.45, 2.75) is 38.2 Å². The van der Waals surface area contributed by atoms with Crippen LogP contribution in [0.15, 0.2) is 0 Å². The van der Waals surface area contributed by atoms with Gasteiger partial charge in [0.25, 0.3) is 0 Å². The van der Waals surface area contributed by atoms with Crippen molar-refractivity contribution in [1.82, 2.24) is 9.62 Å². The third-order valence-corrected chi connectivity index (χ3v) is 4.85. The first-order chi connectivity index (χ1) is 8.16. The summed E-state index contributed by atoms with van der Waals surface area (Å²) in [4.78, 5) is 0. The van der Waals surface area contributed by atoms with E-state index in [0.717, 1.165) is 13.1 Å². The Morgan fingerprint density at radius 3 is 2.17 bits per heavy atom. The lowest BCUT2D eigenvalue weighted by molar-refractivity contribution is -0.0502. The van der Waals surface area contributed by atoms with E-state index in [4.69, 9.17) is 0 Å². The number of sulfonamides is 1. The molecule has 0 aromatic carbocycles. The Morgan fingerprint density at radius 2 is 1.78 bits per heavy atom. The van der Waals surface area contributed by atoms with Crippen molar-refractivity contribution in [3.05, 3.63) is 0 Å². The van der Waals surface area contributed by atoms with Crippen LogP contribution in [0.3, 0.4) is 0 Å². The van der Waals surface area contributed by atoms with Crippen LogP contribution in [0.1, 0.15) is 26.7 Å². The van der Waals surface area contributed by atoms with Gasteiger partial charge in [0.05, 0.1) is 0 Å². The number of nitrogens with zero attached hydrogens (tertiary/aromatic N) is 1. The lowest BCUT2D eigenvalue weighted by Crippen LogP contribution is -2.47. The molecule has 0 unspecified atom stereocenters. The summed E-state index contributed by atoms with van der Waals surface area (Å²) in [7, 11) is -5.22. The van der Waals surface area contributed by atoms with Crippen LogP contribution in [-0.4, -0.2) is 43.9 Å². The van der Waals surface area contributed by atoms with Gasteiger partial charge in [0, 0.05) is 12.6 Å². The molecular weight excluding hydrogens is 269 g/mol. The molecule has 0 radical (unpaired) electrons. The summed E-state index contributed by atoms with van der Waals surface area (Å²) in [5.74, 6) is -0.00854. The van der Waals surface area contributed by atoms with Crippen LogP contribution in [0.5, 0.6) is 0 Å². The van der Waals surface area contributed by atoms with E-state index in [2.05, 4.69) is 5.32 Å². The number of halogens is 3. The van der Waals surface area contributed by atoms with Crippen LogP contribution in [0.2, 0.25) is 0 Å². The zero-order chi connectivity index (χ0) is 14.0. The predicted molar refractivity (Wildman–Crippen MR) is 62.4 cm³/mol. The van der Waals surface area contributed by atoms with Crippen molar-refractivity contribution in [1.29, 1.82) is 0 Å². The number of hydrogen-bond acceptors (Lipinski definition) is 3. The molecule has 0 atom stereocenters. The fraction of sp³-hybridized carbons (Fsp3) is 1.00. The lowest BCUT2D eigenvalue weighted by atomic mass is 9.98. The summed E-state index contributed by atoms with van der Waals surface area (Å²) in [6.07, 6.45) is 1.41. The summed E-state index contributed by atoms with van der Waals surface area (Å²) in [6.45, 7) is 4.32. The fourth-order valence-electron chi connectivity index (χ4n) is 2.04. The van der Waals surface area contributed by atoms with Gasteiger partial charge in [-0.2, -0.15) is 17.5 Å². The Kier molecular flexibility index (Phi) is 5.02. The van der Waals surface area contributed by atoms with Gasteiger partial charge in [0.1, 0.15) is 0 Å². The Morgan fingerprint density at radius 1 is 1.28 bits per heavy atom. The largest absolute Gasteiger partial charge is 0.511 e. The van der Waals surface area contributed by atoms with E-state index in [1.807, 2.05) is 0 Å². The Balaban J connectivity index is 2.83. The summed E-state index contributed by atoms with van der Waals surface area (Å²) >= 11 is 0. The third kappa shape index (κ3) is 3.58. The Bertz CT molecular complexity index is 362. The maximum atomic E-state index is 12.6. The Hall–Kier alpha value is -0.340. The second-order valence-corrected chi connectivity index (χ2v) is 6.69. The smallest absolute Gasteiger partial charge is 0.317 e. The molecule has 1 rings (SSSR count). The average Bonchev–Trinajstić information content (AvgIpc) is 2.25. The SMILES string of the molecule is CC(C)N(CC1CCNCC1)S(=O)(=O)C(F)(F)F. The van der Waals surface area contributed by atoms with Crippen molar-refractivity contribution in [3.63, 3.8) is 0 Å². The molecule has 1 saturated heterocycles. The van der Waals surface area contributed by atoms with Crippen LogP contribution < -0.4 is 5.32 Å². The quantitative estimate of drug-likeness (QED) is 0.854. The van der Waals surface area contributed by atoms with E-state index < -0.39 is 21.6 Å². The second-order valence-electron chi connectivity index (χ2n) is 4.81. The monoisotopic (exact) mass is 288 g/mol. The Labute approximate surface area is 106 Å². The van der Waals surface area contributed by atoms with E-state index in [1.54, 1.807) is 0 Å². The second kappa shape index (κ2) is 5.75. The van der Waals surface area contributed by atoms with Gasteiger partial charge in [-0.1, -0.05) is 0 Å². The summed E-state index contributed by atoms with van der Waals surface area (Å²) < 4.78 is 61.1. The molecule has 1 N–H and O–H groups in total. The minimum Gasteiger partial charge on any atom is -0.317 e. The first kappa shape index (κ1) is 15.7. The minimum absolute atomic E-state index is 0.00854. The van der Waals surface area contributed by atoms with Crippen molar-refractivity contribution >= 4 is 10.0 Å². The van der Waals surface area contributed by atoms with Crippen LogP contribution in [0, 0.1) is 5.92 Å². The van der Waals surface area contributed by atoms with Gasteiger partial charge in [0.15, 0.2) is 0 Å². The fourth-order valence-corrected chi connectivity index (χ4v) is 3.27. The molecule has 0 aromatic rings. The third-order valence-electron chi connectivity index (χ3n) is 3.07. The van der Waals surface area contributed by atoms with Crippen molar-refractivity contribution < 1.29 is 21.6 Å². The maximum absolute atomic E-state index is 12.6. The van der Waals surface area contributed by atoms with Crippen LogP contribution >= 0.6 is 0 Å². The number of alkyl halides is 3. The molecule has 0 bridgehead atoms. The predicted octanol–water partition coefficient (Wildman–Crippen LogP) is 1.55. The van der Waals surface area contributed by atoms with Gasteiger partial charge in [-0.3, -0.25) is 0 Å². The van der Waals surface area contributed by atoms with Gasteiger partial charge in [-0.05, 0) is 45.7 Å². The van der Waals surface area contributed by atoms with Crippen LogP contribution in [0.25, 0.3) is 0 Å². The first-order valence-corrected chi connectivity index (χ1v) is 7.39. The molecule has 1 fully saturated rings. The van der Waals surface area contributed by atoms with Gasteiger partial charge in [0.2, 0.25) is 0 Å². The van der Waals surface area contributed by atoms with Crippen molar-refractivity contribution in [3.8, 4) is 0 Å². The summed E-state index contributed by atoms with van der Waals surface area (Å²) in [6, 6.07) is -0.688. The molecule has 108 valence electrons. The molecule has 1 heterocycles. The number of hydrogen-bond donors (Lipinski definition) is 1. The van der Waals surface area contributed by atoms with E-state index >= 15 is 0 Å². The normalized spacial score (nSPS) is 19.7. The summed E-state index contributed by atoms with van der Waals surface area (Å²) in [5.41, 5.74) is -5.22. The average molecular weight is 288 g/mol. The van der Waals surface area contributed by atoms with E-state index in [1.165, 1.54) is 13.8 Å². The van der Waals surface area contributed by atoms with E-state index in [0.29, 0.717) is 17.1 Å². The maximum Gasteiger partial charge on any atom is 0.511 e. The van der Waals surface area contributed by atoms with E-state index in [-0.39, 0.29) is 12.5 Å². The molecule has 1 aliphatic heterocycles. The van der Waals surface area contributed by atoms with Crippen LogP contribution in [0.4, 0.5) is 13.2 Å². The molecular formula is C10H19F3N2O2S. The lowest BCUT2D eigenvalue weighted by Gasteiger charge is -2.32. The van der Waals surface area contributed by atoms with Gasteiger partial charge in [-0.15, -0.1) is 0 Å².